The second-order valence-electron chi connectivity index (χ2n) is 21.9. The van der Waals surface area contributed by atoms with Crippen molar-refractivity contribution in [3.05, 3.63) is 70.1 Å². The zero-order valence-corrected chi connectivity index (χ0v) is 36.9. The number of aromatic nitrogens is 2. The van der Waals surface area contributed by atoms with Crippen LogP contribution in [-0.4, -0.2) is 73.6 Å². The van der Waals surface area contributed by atoms with E-state index < -0.39 is 28.6 Å². The summed E-state index contributed by atoms with van der Waals surface area (Å²) in [6, 6.07) is 8.58. The van der Waals surface area contributed by atoms with E-state index in [9.17, 15) is 24.9 Å². The molecule has 5 fully saturated rings. The molecule has 3 aromatic rings. The first kappa shape index (κ1) is 41.3. The van der Waals surface area contributed by atoms with Gasteiger partial charge in [0, 0.05) is 81.0 Å². The molecule has 4 aliphatic carbocycles. The third-order valence-electron chi connectivity index (χ3n) is 17.7. The number of hydrogen-bond acceptors (Lipinski definition) is 7. The van der Waals surface area contributed by atoms with Gasteiger partial charge in [-0.25, -0.2) is 0 Å². The van der Waals surface area contributed by atoms with Crippen LogP contribution >= 0.6 is 0 Å². The molecule has 0 radical (unpaired) electrons. The summed E-state index contributed by atoms with van der Waals surface area (Å²) in [4.78, 5) is 31.8. The van der Waals surface area contributed by atoms with Gasteiger partial charge >= 0.3 is 0 Å². The minimum absolute atomic E-state index is 0.118. The van der Waals surface area contributed by atoms with Gasteiger partial charge in [0.2, 0.25) is 0 Å². The van der Waals surface area contributed by atoms with Crippen LogP contribution in [0.5, 0.6) is 0 Å². The molecule has 2 saturated heterocycles. The van der Waals surface area contributed by atoms with Crippen molar-refractivity contribution < 1.29 is 34.4 Å². The van der Waals surface area contributed by atoms with Gasteiger partial charge in [-0.1, -0.05) is 65.3 Å². The van der Waals surface area contributed by atoms with Crippen molar-refractivity contribution in [1.82, 2.24) is 9.55 Å². The van der Waals surface area contributed by atoms with Gasteiger partial charge in [-0.2, -0.15) is 0 Å². The first-order chi connectivity index (χ1) is 27.6. The maximum atomic E-state index is 14.7. The third-order valence-corrected chi connectivity index (χ3v) is 17.7. The molecule has 2 aromatic heterocycles. The van der Waals surface area contributed by atoms with E-state index in [1.54, 1.807) is 0 Å². The first-order valence-corrected chi connectivity index (χ1v) is 22.6. The van der Waals surface area contributed by atoms with Crippen molar-refractivity contribution in [2.75, 3.05) is 13.2 Å². The summed E-state index contributed by atoms with van der Waals surface area (Å²) in [6.45, 7) is 21.0. The van der Waals surface area contributed by atoms with Crippen LogP contribution < -0.4 is 0 Å². The minimum atomic E-state index is -0.903. The van der Waals surface area contributed by atoms with Crippen LogP contribution in [0.3, 0.4) is 0 Å². The molecule has 0 spiro atoms. The number of aromatic amines is 1. The van der Waals surface area contributed by atoms with E-state index in [0.29, 0.717) is 64.1 Å². The predicted octanol–water partition coefficient (Wildman–Crippen LogP) is 8.13. The largest absolute Gasteiger partial charge is 0.392 e. The Morgan fingerprint density at radius 2 is 1.71 bits per heavy atom. The summed E-state index contributed by atoms with van der Waals surface area (Å²) in [5, 5.41) is 36.4. The number of rotatable bonds is 9. The number of epoxide rings is 1. The molecule has 0 amide bonds. The molecule has 2 aliphatic heterocycles. The minimum Gasteiger partial charge on any atom is -0.392 e. The lowest BCUT2D eigenvalue weighted by atomic mass is 9.34. The fraction of sp³-hybridized carbons (Fsp3) is 0.680. The van der Waals surface area contributed by atoms with E-state index in [1.165, 1.54) is 0 Å². The average Bonchev–Trinajstić information content (AvgIpc) is 3.44. The van der Waals surface area contributed by atoms with Crippen LogP contribution in [0.15, 0.2) is 47.8 Å². The Morgan fingerprint density at radius 3 is 2.41 bits per heavy atom. The quantitative estimate of drug-likeness (QED) is 0.160. The van der Waals surface area contributed by atoms with Crippen molar-refractivity contribution in [1.29, 1.82) is 0 Å². The number of hydrogen-bond donors (Lipinski definition) is 4. The van der Waals surface area contributed by atoms with Crippen molar-refractivity contribution >= 4 is 22.6 Å². The van der Waals surface area contributed by atoms with Crippen LogP contribution in [0.25, 0.3) is 11.0 Å². The number of aliphatic hydroxyl groups is 3. The lowest BCUT2D eigenvalue weighted by molar-refractivity contribution is -0.220. The number of benzene rings is 1. The Labute approximate surface area is 350 Å². The lowest BCUT2D eigenvalue weighted by Crippen LogP contribution is -2.67. The number of nitrogens with zero attached hydrogens (tertiary/aromatic N) is 1. The second kappa shape index (κ2) is 13.7. The number of aryl methyl sites for hydroxylation is 1. The smallest absolute Gasteiger partial charge is 0.160 e. The Kier molecular flexibility index (Phi) is 9.59. The monoisotopic (exact) mass is 809 g/mol. The summed E-state index contributed by atoms with van der Waals surface area (Å²) in [5.41, 5.74) is 5.38. The van der Waals surface area contributed by atoms with Crippen molar-refractivity contribution in [3.63, 3.8) is 0 Å². The van der Waals surface area contributed by atoms with Crippen LogP contribution in [0.1, 0.15) is 129 Å². The van der Waals surface area contributed by atoms with Gasteiger partial charge in [0.25, 0.3) is 0 Å². The van der Waals surface area contributed by atoms with Gasteiger partial charge in [0.15, 0.2) is 5.78 Å². The summed E-state index contributed by atoms with van der Waals surface area (Å²) in [7, 11) is 0. The SMILES string of the molecule is Cc1cc(Cc2cn(C[C@@H]3C4=C([C@H](C)C[C@@H](O)[C@H]5OC5(C)C)C(=O)C[C@]4(C)[C@@]4(C)CC[C@H]5C(C)(C)C(=O)CC[C@@]5(C)[C@H]4[C@@H]3O)c3cc[nH]c23)cc(C2(O)CCOCC2)c1. The summed E-state index contributed by atoms with van der Waals surface area (Å²) in [5.74, 6) is -0.0776. The topological polar surface area (TPSA) is 137 Å². The lowest BCUT2D eigenvalue weighted by Gasteiger charge is -2.70. The van der Waals surface area contributed by atoms with Gasteiger partial charge < -0.3 is 34.3 Å². The Bertz CT molecular complexity index is 2220. The van der Waals surface area contributed by atoms with E-state index in [4.69, 9.17) is 9.47 Å². The molecule has 9 rings (SSSR count). The Balaban J connectivity index is 1.14. The fourth-order valence-corrected chi connectivity index (χ4v) is 14.5. The second-order valence-corrected chi connectivity index (χ2v) is 21.9. The van der Waals surface area contributed by atoms with Gasteiger partial charge in [0.05, 0.1) is 34.4 Å². The zero-order valence-electron chi connectivity index (χ0n) is 36.9. The normalized spacial score (nSPS) is 36.9. The first-order valence-electron chi connectivity index (χ1n) is 22.6. The maximum absolute atomic E-state index is 14.7. The van der Waals surface area contributed by atoms with E-state index in [-0.39, 0.29) is 52.0 Å². The molecule has 4 heterocycles. The predicted molar refractivity (Wildman–Crippen MR) is 228 cm³/mol. The standard InChI is InChI=1S/C50H68N2O7/c1-28-20-30(24-32(21-28)50(57)15-18-58-19-16-50)23-31-26-52(34-12-17-51-41(31)34)27-33-40-39(29(2)22-35(53)44-46(5,6)59-44)36(54)25-49(40,9)48(8)14-10-37-45(3,4)38(55)11-13-47(37,7)43(48)42(33)56/h12,17,20-21,24,26,29,33,35,37,42-44,51,53,56-57H,10-11,13-16,18-19,22-23,25,27H2,1-9H3/t29-,33-,35-,37+,42-,43-,44-,47-,48+,49+/m1/s1. The van der Waals surface area contributed by atoms with Gasteiger partial charge in [-0.3, -0.25) is 9.59 Å². The number of carbonyl (C=O) groups excluding carboxylic acids is 2. The molecule has 320 valence electrons. The number of nitrogens with one attached hydrogen (secondary N) is 1. The van der Waals surface area contributed by atoms with E-state index in [2.05, 4.69) is 88.5 Å². The fourth-order valence-electron chi connectivity index (χ4n) is 14.5. The molecule has 6 aliphatic rings. The molecule has 1 aromatic carbocycles. The molecule has 4 N–H and O–H groups in total. The number of carbonyl (C=O) groups is 2. The van der Waals surface area contributed by atoms with Crippen LogP contribution in [-0.2, 0) is 37.6 Å². The van der Waals surface area contributed by atoms with E-state index in [1.807, 2.05) is 20.0 Å². The van der Waals surface area contributed by atoms with Gasteiger partial charge in [0.1, 0.15) is 11.9 Å². The van der Waals surface area contributed by atoms with Crippen LogP contribution in [0.2, 0.25) is 0 Å². The highest BCUT2D eigenvalue weighted by atomic mass is 16.6. The van der Waals surface area contributed by atoms with Crippen molar-refractivity contribution in [2.24, 2.45) is 45.3 Å². The number of aliphatic hydroxyl groups excluding tert-OH is 2. The molecule has 0 bridgehead atoms. The average molecular weight is 809 g/mol. The van der Waals surface area contributed by atoms with Gasteiger partial charge in [-0.15, -0.1) is 0 Å². The highest BCUT2D eigenvalue weighted by Gasteiger charge is 2.72. The number of ketones is 2. The zero-order chi connectivity index (χ0) is 42.2. The Morgan fingerprint density at radius 1 is 1.00 bits per heavy atom. The molecule has 9 heteroatoms. The highest BCUT2D eigenvalue weighted by Crippen LogP contribution is 2.75. The number of H-pyrrole nitrogens is 1. The summed E-state index contributed by atoms with van der Waals surface area (Å²) in [6.07, 6.45) is 8.15. The van der Waals surface area contributed by atoms with Crippen molar-refractivity contribution in [2.45, 2.75) is 156 Å². The number of fused-ring (bicyclic) bond motifs is 6. The molecule has 10 atom stereocenters. The maximum Gasteiger partial charge on any atom is 0.160 e. The molecule has 59 heavy (non-hydrogen) atoms. The Hall–Kier alpha value is -3.08. The van der Waals surface area contributed by atoms with Crippen LogP contribution in [0, 0.1) is 52.3 Å². The van der Waals surface area contributed by atoms with Crippen molar-refractivity contribution in [3.8, 4) is 0 Å². The third kappa shape index (κ3) is 6.17. The molecule has 0 unspecified atom stereocenters. The molecule has 9 nitrogen and oxygen atoms in total. The van der Waals surface area contributed by atoms with Gasteiger partial charge in [-0.05, 0) is 109 Å². The summed E-state index contributed by atoms with van der Waals surface area (Å²) < 4.78 is 13.7. The van der Waals surface area contributed by atoms with E-state index in [0.717, 1.165) is 63.7 Å². The molecule has 3 saturated carbocycles. The summed E-state index contributed by atoms with van der Waals surface area (Å²) >= 11 is 0. The molecular weight excluding hydrogens is 741 g/mol. The number of Topliss-reactive ketones (excluding diaryl/α,β-unsaturated/α-hetero) is 2. The number of allylic oxidation sites excluding steroid dienone is 1. The van der Waals surface area contributed by atoms with E-state index >= 15 is 0 Å². The van der Waals surface area contributed by atoms with Crippen LogP contribution in [0.4, 0.5) is 0 Å². The highest BCUT2D eigenvalue weighted by molar-refractivity contribution is 6.01. The molecular formula is C50H68N2O7. The number of ether oxygens (including phenoxy) is 2.